The van der Waals surface area contributed by atoms with E-state index in [-0.39, 0.29) is 11.3 Å². The Morgan fingerprint density at radius 1 is 1.58 bits per heavy atom. The van der Waals surface area contributed by atoms with Crippen LogP contribution in [0.15, 0.2) is 18.2 Å². The molecule has 0 aliphatic heterocycles. The van der Waals surface area contributed by atoms with Gasteiger partial charge in [-0.3, -0.25) is 0 Å². The van der Waals surface area contributed by atoms with Gasteiger partial charge in [-0.2, -0.15) is 5.26 Å². The molecule has 4 heteroatoms. The second-order valence-corrected chi connectivity index (χ2v) is 2.27. The molecule has 0 N–H and O–H groups in total. The summed E-state index contributed by atoms with van der Waals surface area (Å²) < 4.78 is 12.7. The molecule has 0 unspecified atom stereocenters. The smallest absolute Gasteiger partial charge is 0.141 e. The molecule has 0 heterocycles. The Kier molecular flexibility index (Phi) is 2.26. The van der Waals surface area contributed by atoms with Gasteiger partial charge in [-0.1, -0.05) is 0 Å². The van der Waals surface area contributed by atoms with Crippen molar-refractivity contribution >= 4 is 5.69 Å². The molecular formula is C8H6FN2O-. The lowest BCUT2D eigenvalue weighted by molar-refractivity contribution is 0.624. The lowest BCUT2D eigenvalue weighted by atomic mass is 10.2. The third kappa shape index (κ3) is 1.52. The summed E-state index contributed by atoms with van der Waals surface area (Å²) in [7, 11) is 1.29. The number of nitrogens with zero attached hydrogens (tertiary/aromatic N) is 2. The Morgan fingerprint density at radius 2 is 2.25 bits per heavy atom. The van der Waals surface area contributed by atoms with Gasteiger partial charge in [0.05, 0.1) is 5.56 Å². The predicted molar refractivity (Wildman–Crippen MR) is 42.9 cm³/mol. The van der Waals surface area contributed by atoms with Crippen molar-refractivity contribution in [2.45, 2.75) is 0 Å². The van der Waals surface area contributed by atoms with Crippen molar-refractivity contribution in [3.63, 3.8) is 0 Å². The average Bonchev–Trinajstić information content (AvgIpc) is 2.05. The molecule has 0 radical (unpaired) electrons. The van der Waals surface area contributed by atoms with E-state index in [1.807, 2.05) is 0 Å². The van der Waals surface area contributed by atoms with Gasteiger partial charge >= 0.3 is 0 Å². The minimum Gasteiger partial charge on any atom is -0.758 e. The van der Waals surface area contributed by atoms with Gasteiger partial charge in [-0.15, -0.1) is 0 Å². The second kappa shape index (κ2) is 3.20. The van der Waals surface area contributed by atoms with Crippen LogP contribution in [0.4, 0.5) is 10.1 Å². The van der Waals surface area contributed by atoms with E-state index in [2.05, 4.69) is 0 Å². The number of hydroxylamine groups is 1. The molecule has 62 valence electrons. The molecule has 0 amide bonds. The summed E-state index contributed by atoms with van der Waals surface area (Å²) in [5.74, 6) is -0.608. The van der Waals surface area contributed by atoms with E-state index >= 15 is 0 Å². The fraction of sp³-hybridized carbons (Fsp3) is 0.125. The van der Waals surface area contributed by atoms with E-state index < -0.39 is 5.82 Å². The second-order valence-electron chi connectivity index (χ2n) is 2.27. The van der Waals surface area contributed by atoms with Crippen LogP contribution in [0.25, 0.3) is 0 Å². The van der Waals surface area contributed by atoms with Gasteiger partial charge in [0.15, 0.2) is 0 Å². The van der Waals surface area contributed by atoms with Crippen LogP contribution in [-0.2, 0) is 0 Å². The average molecular weight is 165 g/mol. The van der Waals surface area contributed by atoms with Crippen LogP contribution in [0.2, 0.25) is 0 Å². The zero-order valence-corrected chi connectivity index (χ0v) is 6.41. The highest BCUT2D eigenvalue weighted by Crippen LogP contribution is 2.16. The van der Waals surface area contributed by atoms with Crippen LogP contribution < -0.4 is 5.06 Å². The first kappa shape index (κ1) is 8.50. The summed E-state index contributed by atoms with van der Waals surface area (Å²) in [6, 6.07) is 5.28. The minimum atomic E-state index is -0.608. The highest BCUT2D eigenvalue weighted by Gasteiger charge is 2.01. The molecule has 1 aromatic rings. The molecule has 12 heavy (non-hydrogen) atoms. The molecule has 0 aromatic heterocycles. The maximum absolute atomic E-state index is 12.7. The summed E-state index contributed by atoms with van der Waals surface area (Å²) >= 11 is 0. The van der Waals surface area contributed by atoms with Gasteiger partial charge in [-0.25, -0.2) is 4.39 Å². The van der Waals surface area contributed by atoms with Crippen molar-refractivity contribution in [2.24, 2.45) is 0 Å². The van der Waals surface area contributed by atoms with Crippen molar-refractivity contribution in [1.29, 1.82) is 5.26 Å². The maximum Gasteiger partial charge on any atom is 0.141 e. The fourth-order valence-electron chi connectivity index (χ4n) is 0.795. The van der Waals surface area contributed by atoms with E-state index in [4.69, 9.17) is 5.26 Å². The molecule has 0 aliphatic carbocycles. The lowest BCUT2D eigenvalue weighted by Crippen LogP contribution is -2.06. The number of rotatable bonds is 1. The maximum atomic E-state index is 12.7. The minimum absolute atomic E-state index is 0.116. The molecular weight excluding hydrogens is 159 g/mol. The first-order valence-corrected chi connectivity index (χ1v) is 3.25. The Morgan fingerprint density at radius 3 is 2.75 bits per heavy atom. The molecule has 0 atom stereocenters. The SMILES string of the molecule is CN([O-])c1ccc(F)c(C#N)c1. The third-order valence-electron chi connectivity index (χ3n) is 1.43. The fourth-order valence-corrected chi connectivity index (χ4v) is 0.795. The van der Waals surface area contributed by atoms with Gasteiger partial charge in [-0.05, 0) is 25.2 Å². The largest absolute Gasteiger partial charge is 0.758 e. The van der Waals surface area contributed by atoms with E-state index in [9.17, 15) is 9.60 Å². The molecule has 0 spiro atoms. The number of hydrogen-bond acceptors (Lipinski definition) is 3. The monoisotopic (exact) mass is 165 g/mol. The summed E-state index contributed by atoms with van der Waals surface area (Å²) in [5.41, 5.74) is 0.156. The Bertz CT molecular complexity index is 330. The van der Waals surface area contributed by atoms with Gasteiger partial charge in [0.2, 0.25) is 0 Å². The first-order chi connectivity index (χ1) is 5.65. The van der Waals surface area contributed by atoms with E-state index in [0.717, 1.165) is 6.07 Å². The highest BCUT2D eigenvalue weighted by atomic mass is 19.1. The molecule has 3 nitrogen and oxygen atoms in total. The van der Waals surface area contributed by atoms with Gasteiger partial charge < -0.3 is 10.3 Å². The van der Waals surface area contributed by atoms with Crippen LogP contribution >= 0.6 is 0 Å². The van der Waals surface area contributed by atoms with Crippen LogP contribution in [0, 0.1) is 22.4 Å². The first-order valence-electron chi connectivity index (χ1n) is 3.25. The van der Waals surface area contributed by atoms with Crippen molar-refractivity contribution < 1.29 is 4.39 Å². The summed E-state index contributed by atoms with van der Waals surface area (Å²) in [6.07, 6.45) is 0. The number of anilines is 1. The number of nitriles is 1. The molecule has 0 saturated heterocycles. The zero-order chi connectivity index (χ0) is 9.14. The van der Waals surface area contributed by atoms with Crippen LogP contribution in [0.5, 0.6) is 0 Å². The number of halogens is 1. The predicted octanol–water partition coefficient (Wildman–Crippen LogP) is 1.63. The molecule has 0 aliphatic rings. The van der Waals surface area contributed by atoms with Crippen LogP contribution in [-0.4, -0.2) is 7.05 Å². The molecule has 1 rings (SSSR count). The Hall–Kier alpha value is -1.60. The Balaban J connectivity index is 3.16. The van der Waals surface area contributed by atoms with E-state index in [1.54, 1.807) is 6.07 Å². The normalized spacial score (nSPS) is 9.17. The standard InChI is InChI=1S/C8H6FN2O/c1-11(12)7-2-3-8(9)6(4-7)5-10/h2-4H,1H3/q-1. The number of hydrogen-bond donors (Lipinski definition) is 0. The topological polar surface area (TPSA) is 50.1 Å². The van der Waals surface area contributed by atoms with Crippen molar-refractivity contribution in [1.82, 2.24) is 0 Å². The number of benzene rings is 1. The summed E-state index contributed by atoms with van der Waals surface area (Å²) in [4.78, 5) is 0. The Labute approximate surface area is 69.2 Å². The van der Waals surface area contributed by atoms with Gasteiger partial charge in [0.1, 0.15) is 11.9 Å². The van der Waals surface area contributed by atoms with Crippen molar-refractivity contribution in [3.8, 4) is 6.07 Å². The quantitative estimate of drug-likeness (QED) is 0.594. The van der Waals surface area contributed by atoms with E-state index in [0.29, 0.717) is 5.06 Å². The highest BCUT2D eigenvalue weighted by molar-refractivity contribution is 5.51. The molecule has 0 fully saturated rings. The molecule has 1 aromatic carbocycles. The van der Waals surface area contributed by atoms with E-state index in [1.165, 1.54) is 19.2 Å². The third-order valence-corrected chi connectivity index (χ3v) is 1.43. The molecule has 0 saturated carbocycles. The lowest BCUT2D eigenvalue weighted by Gasteiger charge is -2.24. The van der Waals surface area contributed by atoms with Crippen molar-refractivity contribution in [2.75, 3.05) is 12.1 Å². The van der Waals surface area contributed by atoms with Crippen LogP contribution in [0.3, 0.4) is 0 Å². The summed E-state index contributed by atoms with van der Waals surface area (Å²) in [5, 5.41) is 19.7. The molecule has 0 bridgehead atoms. The van der Waals surface area contributed by atoms with Crippen LogP contribution in [0.1, 0.15) is 5.56 Å². The van der Waals surface area contributed by atoms with Crippen molar-refractivity contribution in [3.05, 3.63) is 34.8 Å². The summed E-state index contributed by atoms with van der Waals surface area (Å²) in [6.45, 7) is 0. The zero-order valence-electron chi connectivity index (χ0n) is 6.41. The van der Waals surface area contributed by atoms with Gasteiger partial charge in [0, 0.05) is 5.69 Å². The van der Waals surface area contributed by atoms with Gasteiger partial charge in [0.25, 0.3) is 0 Å².